The van der Waals surface area contributed by atoms with Crippen molar-refractivity contribution < 1.29 is 5.11 Å². The molecule has 0 aromatic carbocycles. The van der Waals surface area contributed by atoms with Gasteiger partial charge in [-0.1, -0.05) is 32.4 Å². The van der Waals surface area contributed by atoms with Gasteiger partial charge in [-0.25, -0.2) is 9.97 Å². The fourth-order valence-electron chi connectivity index (χ4n) is 1.22. The van der Waals surface area contributed by atoms with E-state index in [1.807, 2.05) is 20.8 Å². The van der Waals surface area contributed by atoms with Crippen LogP contribution in [0.3, 0.4) is 0 Å². The average molecular weight is 259 g/mol. The van der Waals surface area contributed by atoms with Gasteiger partial charge in [0.2, 0.25) is 0 Å². The van der Waals surface area contributed by atoms with Crippen molar-refractivity contribution in [3.05, 3.63) is 11.5 Å². The molecule has 17 heavy (non-hydrogen) atoms. The van der Waals surface area contributed by atoms with Crippen molar-refractivity contribution in [2.24, 2.45) is 5.41 Å². The summed E-state index contributed by atoms with van der Waals surface area (Å²) in [6.45, 7) is 6.34. The molecule has 1 aromatic rings. The first-order valence-corrected chi connectivity index (χ1v) is 5.84. The van der Waals surface area contributed by atoms with Crippen LogP contribution in [0.5, 0.6) is 0 Å². The van der Waals surface area contributed by atoms with Gasteiger partial charge in [0.15, 0.2) is 11.0 Å². The van der Waals surface area contributed by atoms with E-state index in [4.69, 9.17) is 11.6 Å². The molecule has 1 atom stereocenters. The van der Waals surface area contributed by atoms with E-state index in [9.17, 15) is 5.11 Å². The zero-order chi connectivity index (χ0) is 13.1. The summed E-state index contributed by atoms with van der Waals surface area (Å²) in [5, 5.41) is 16.3. The highest BCUT2D eigenvalue weighted by molar-refractivity contribution is 6.32. The molecule has 1 unspecified atom stereocenters. The van der Waals surface area contributed by atoms with Gasteiger partial charge < -0.3 is 15.7 Å². The fraction of sp³-hybridized carbons (Fsp3) is 0.636. The second-order valence-electron chi connectivity index (χ2n) is 4.90. The predicted octanol–water partition coefficient (Wildman–Crippen LogP) is 1.99. The maximum atomic E-state index is 9.92. The molecule has 0 bridgehead atoms. The van der Waals surface area contributed by atoms with Crippen LogP contribution in [-0.4, -0.2) is 34.8 Å². The van der Waals surface area contributed by atoms with E-state index in [1.54, 1.807) is 7.05 Å². The molecule has 0 saturated heterocycles. The Kier molecular flexibility index (Phi) is 4.54. The summed E-state index contributed by atoms with van der Waals surface area (Å²) in [6.07, 6.45) is 0.913. The van der Waals surface area contributed by atoms with Crippen molar-refractivity contribution in [1.82, 2.24) is 9.97 Å². The molecule has 0 amide bonds. The number of nitrogens with one attached hydrogen (secondary N) is 2. The summed E-state index contributed by atoms with van der Waals surface area (Å²) >= 11 is 5.92. The molecule has 96 valence electrons. The smallest absolute Gasteiger partial charge is 0.157 e. The van der Waals surface area contributed by atoms with Gasteiger partial charge >= 0.3 is 0 Å². The first-order valence-electron chi connectivity index (χ1n) is 5.46. The molecule has 0 fully saturated rings. The number of hydrogen-bond donors (Lipinski definition) is 3. The Morgan fingerprint density at radius 1 is 1.41 bits per heavy atom. The van der Waals surface area contributed by atoms with Crippen molar-refractivity contribution >= 4 is 23.1 Å². The van der Waals surface area contributed by atoms with Crippen LogP contribution in [0, 0.1) is 5.41 Å². The zero-order valence-corrected chi connectivity index (χ0v) is 11.3. The first-order chi connectivity index (χ1) is 7.86. The molecule has 5 nitrogen and oxygen atoms in total. The maximum Gasteiger partial charge on any atom is 0.157 e. The number of aliphatic hydroxyl groups is 1. The van der Waals surface area contributed by atoms with Crippen LogP contribution in [0.4, 0.5) is 11.5 Å². The topological polar surface area (TPSA) is 70.1 Å². The highest BCUT2D eigenvalue weighted by Crippen LogP contribution is 2.26. The van der Waals surface area contributed by atoms with E-state index in [0.717, 1.165) is 0 Å². The zero-order valence-electron chi connectivity index (χ0n) is 10.6. The Balaban J connectivity index is 2.73. The minimum Gasteiger partial charge on any atom is -0.391 e. The van der Waals surface area contributed by atoms with E-state index < -0.39 is 6.10 Å². The summed E-state index contributed by atoms with van der Waals surface area (Å²) in [5.41, 5.74) is 0.458. The summed E-state index contributed by atoms with van der Waals surface area (Å²) in [4.78, 5) is 7.96. The quantitative estimate of drug-likeness (QED) is 0.721. The number of hydrogen-bond acceptors (Lipinski definition) is 5. The minimum atomic E-state index is -0.471. The van der Waals surface area contributed by atoms with Gasteiger partial charge in [-0.05, 0) is 5.41 Å². The van der Waals surface area contributed by atoms with Crippen LogP contribution in [0.1, 0.15) is 20.8 Å². The van der Waals surface area contributed by atoms with Crippen LogP contribution in [0.25, 0.3) is 0 Å². The van der Waals surface area contributed by atoms with Crippen LogP contribution < -0.4 is 10.6 Å². The van der Waals surface area contributed by atoms with E-state index in [2.05, 4.69) is 20.6 Å². The second kappa shape index (κ2) is 5.51. The SMILES string of the molecule is CNc1c(Cl)ncnc1NCC(O)C(C)(C)C. The normalized spacial score (nSPS) is 13.3. The third kappa shape index (κ3) is 3.71. The van der Waals surface area contributed by atoms with Crippen LogP contribution in [-0.2, 0) is 0 Å². The molecular formula is C11H19ClN4O. The summed E-state index contributed by atoms with van der Waals surface area (Å²) < 4.78 is 0. The minimum absolute atomic E-state index is 0.177. The largest absolute Gasteiger partial charge is 0.391 e. The van der Waals surface area contributed by atoms with Crippen LogP contribution in [0.2, 0.25) is 5.15 Å². The van der Waals surface area contributed by atoms with Crippen molar-refractivity contribution in [3.8, 4) is 0 Å². The Labute approximate surface area is 107 Å². The monoisotopic (exact) mass is 258 g/mol. The Bertz CT molecular complexity index is 378. The first kappa shape index (κ1) is 14.0. The van der Waals surface area contributed by atoms with Gasteiger partial charge in [0.25, 0.3) is 0 Å². The lowest BCUT2D eigenvalue weighted by Crippen LogP contribution is -2.33. The Morgan fingerprint density at radius 2 is 2.06 bits per heavy atom. The van der Waals surface area contributed by atoms with Crippen LogP contribution in [0.15, 0.2) is 6.33 Å². The number of anilines is 2. The molecule has 3 N–H and O–H groups in total. The molecule has 6 heteroatoms. The number of halogens is 1. The standard InChI is InChI=1S/C11H19ClN4O/c1-11(2,3)7(17)5-14-10-8(13-4)9(12)15-6-16-10/h6-7,13,17H,5H2,1-4H3,(H,14,15,16). The maximum absolute atomic E-state index is 9.92. The number of aliphatic hydroxyl groups excluding tert-OH is 1. The highest BCUT2D eigenvalue weighted by atomic mass is 35.5. The van der Waals surface area contributed by atoms with Gasteiger partial charge in [-0.3, -0.25) is 0 Å². The lowest BCUT2D eigenvalue weighted by Gasteiger charge is -2.26. The second-order valence-corrected chi connectivity index (χ2v) is 5.26. The van der Waals surface area contributed by atoms with E-state index in [-0.39, 0.29) is 5.41 Å². The Morgan fingerprint density at radius 3 is 2.59 bits per heavy atom. The molecule has 0 aliphatic carbocycles. The molecule has 0 aliphatic rings. The van der Waals surface area contributed by atoms with Crippen molar-refractivity contribution in [2.45, 2.75) is 26.9 Å². The molecule has 0 saturated carbocycles. The average Bonchev–Trinajstić information content (AvgIpc) is 2.24. The van der Waals surface area contributed by atoms with Gasteiger partial charge in [0.1, 0.15) is 12.0 Å². The van der Waals surface area contributed by atoms with E-state index in [0.29, 0.717) is 23.2 Å². The lowest BCUT2D eigenvalue weighted by atomic mass is 9.89. The summed E-state index contributed by atoms with van der Waals surface area (Å²) in [6, 6.07) is 0. The van der Waals surface area contributed by atoms with Crippen molar-refractivity contribution in [2.75, 3.05) is 24.2 Å². The van der Waals surface area contributed by atoms with Crippen molar-refractivity contribution in [1.29, 1.82) is 0 Å². The molecule has 1 rings (SSSR count). The summed E-state index contributed by atoms with van der Waals surface area (Å²) in [7, 11) is 1.75. The Hall–Kier alpha value is -1.07. The summed E-state index contributed by atoms with van der Waals surface area (Å²) in [5.74, 6) is 0.593. The highest BCUT2D eigenvalue weighted by Gasteiger charge is 2.22. The molecule has 1 aromatic heterocycles. The van der Waals surface area contributed by atoms with Gasteiger partial charge in [-0.15, -0.1) is 0 Å². The van der Waals surface area contributed by atoms with Crippen LogP contribution >= 0.6 is 11.6 Å². The van der Waals surface area contributed by atoms with Gasteiger partial charge in [0.05, 0.1) is 6.10 Å². The fourth-order valence-corrected chi connectivity index (χ4v) is 1.45. The van der Waals surface area contributed by atoms with E-state index in [1.165, 1.54) is 6.33 Å². The van der Waals surface area contributed by atoms with Gasteiger partial charge in [-0.2, -0.15) is 0 Å². The van der Waals surface area contributed by atoms with Gasteiger partial charge in [0, 0.05) is 13.6 Å². The molecule has 1 heterocycles. The van der Waals surface area contributed by atoms with Crippen molar-refractivity contribution in [3.63, 3.8) is 0 Å². The van der Waals surface area contributed by atoms with E-state index >= 15 is 0 Å². The third-order valence-corrected chi connectivity index (χ3v) is 2.80. The lowest BCUT2D eigenvalue weighted by molar-refractivity contribution is 0.0745. The number of aromatic nitrogens is 2. The molecule has 0 spiro atoms. The molecular weight excluding hydrogens is 240 g/mol. The number of nitrogens with zero attached hydrogens (tertiary/aromatic N) is 2. The predicted molar refractivity (Wildman–Crippen MR) is 70.5 cm³/mol. The molecule has 0 aliphatic heterocycles. The number of rotatable bonds is 4. The third-order valence-electron chi connectivity index (χ3n) is 2.51. The molecule has 0 radical (unpaired) electrons.